The van der Waals surface area contributed by atoms with E-state index in [9.17, 15) is 4.79 Å². The molecule has 4 N–H and O–H groups in total. The summed E-state index contributed by atoms with van der Waals surface area (Å²) < 4.78 is 0. The molecule has 0 bridgehead atoms. The van der Waals surface area contributed by atoms with E-state index < -0.39 is 0 Å². The van der Waals surface area contributed by atoms with Gasteiger partial charge in [0.05, 0.1) is 11.4 Å². The summed E-state index contributed by atoms with van der Waals surface area (Å²) in [5.41, 5.74) is 9.61. The van der Waals surface area contributed by atoms with Crippen LogP contribution in [0.4, 0.5) is 11.4 Å². The highest BCUT2D eigenvalue weighted by Gasteiger charge is 2.17. The van der Waals surface area contributed by atoms with Crippen LogP contribution < -0.4 is 16.4 Å². The zero-order chi connectivity index (χ0) is 22.2. The molecule has 1 fully saturated rings. The number of nitrogens with two attached hydrogens (primary N) is 1. The number of anilines is 2. The van der Waals surface area contributed by atoms with Gasteiger partial charge in [-0.15, -0.1) is 0 Å². The molecular formula is C24H30N6O. The number of benzene rings is 2. The molecule has 3 rings (SSSR count). The minimum Gasteiger partial charge on any atom is -0.397 e. The molecule has 0 spiro atoms. The van der Waals surface area contributed by atoms with Gasteiger partial charge in [0.1, 0.15) is 0 Å². The minimum atomic E-state index is -0.275. The molecule has 31 heavy (non-hydrogen) atoms. The van der Waals surface area contributed by atoms with E-state index in [4.69, 9.17) is 5.73 Å². The van der Waals surface area contributed by atoms with Gasteiger partial charge < -0.3 is 21.3 Å². The van der Waals surface area contributed by atoms with Crippen molar-refractivity contribution in [2.75, 3.05) is 31.2 Å². The van der Waals surface area contributed by atoms with E-state index in [0.717, 1.165) is 37.1 Å². The van der Waals surface area contributed by atoms with Gasteiger partial charge in [-0.25, -0.2) is 9.98 Å². The number of amides is 1. The lowest BCUT2D eigenvalue weighted by molar-refractivity contribution is -0.112. The lowest BCUT2D eigenvalue weighted by atomic mass is 10.0. The standard InChI is InChI=1S/C24H30N6O/c1-17(16-27-24(26-2)28-20-11-13-30(3)14-12-20)23(31)29-22-15-19(9-10-21(22)25)18-7-5-4-6-8-18/h4-10,15-16,20H,2,11-14,25H2,1,3H3,(H,27,28)(H,29,31)/b17-16+. The maximum Gasteiger partial charge on any atom is 0.252 e. The zero-order valence-corrected chi connectivity index (χ0v) is 18.1. The van der Waals surface area contributed by atoms with Gasteiger partial charge in [0, 0.05) is 17.8 Å². The number of guanidine groups is 1. The number of carbonyl (C=O) groups excluding carboxylic acids is 1. The lowest BCUT2D eigenvalue weighted by Gasteiger charge is -2.29. The first-order valence-electron chi connectivity index (χ1n) is 10.4. The van der Waals surface area contributed by atoms with E-state index in [2.05, 4.69) is 39.3 Å². The number of aliphatic imine (C=N–C) groups is 2. The Balaban J connectivity index is 1.67. The predicted octanol–water partition coefficient (Wildman–Crippen LogP) is 3.52. The third kappa shape index (κ3) is 6.26. The fraction of sp³-hybridized carbons (Fsp3) is 0.292. The molecule has 1 saturated heterocycles. The van der Waals surface area contributed by atoms with Gasteiger partial charge in [0.25, 0.3) is 5.91 Å². The van der Waals surface area contributed by atoms with Crippen molar-refractivity contribution in [3.63, 3.8) is 0 Å². The SMILES string of the molecule is C=N/C(=N\C=C(/C)C(=O)Nc1cc(-c2ccccc2)ccc1N)NC1CCN(C)CC1. The molecule has 0 saturated carbocycles. The van der Waals surface area contributed by atoms with E-state index in [1.165, 1.54) is 6.20 Å². The van der Waals surface area contributed by atoms with Gasteiger partial charge in [-0.3, -0.25) is 4.79 Å². The second-order valence-corrected chi connectivity index (χ2v) is 7.77. The molecule has 1 aliphatic rings. The van der Waals surface area contributed by atoms with Crippen molar-refractivity contribution in [1.29, 1.82) is 0 Å². The van der Waals surface area contributed by atoms with E-state index >= 15 is 0 Å². The largest absolute Gasteiger partial charge is 0.397 e. The Kier molecular flexibility index (Phi) is 7.56. The number of hydrogen-bond acceptors (Lipinski definition) is 4. The molecule has 162 valence electrons. The average Bonchev–Trinajstić information content (AvgIpc) is 2.79. The van der Waals surface area contributed by atoms with Gasteiger partial charge in [0.15, 0.2) is 0 Å². The van der Waals surface area contributed by atoms with Crippen molar-refractivity contribution in [2.24, 2.45) is 9.98 Å². The summed E-state index contributed by atoms with van der Waals surface area (Å²) in [4.78, 5) is 23.2. The Bertz CT molecular complexity index is 975. The Morgan fingerprint density at radius 1 is 1.16 bits per heavy atom. The Morgan fingerprint density at radius 2 is 1.87 bits per heavy atom. The predicted molar refractivity (Wildman–Crippen MR) is 129 cm³/mol. The summed E-state index contributed by atoms with van der Waals surface area (Å²) in [5.74, 6) is 0.149. The first-order valence-corrected chi connectivity index (χ1v) is 10.4. The second-order valence-electron chi connectivity index (χ2n) is 7.77. The number of likely N-dealkylation sites (tertiary alicyclic amines) is 1. The number of nitrogens with one attached hydrogen (secondary N) is 2. The fourth-order valence-corrected chi connectivity index (χ4v) is 3.37. The maximum atomic E-state index is 12.7. The maximum absolute atomic E-state index is 12.7. The molecule has 0 atom stereocenters. The number of hydrogen-bond donors (Lipinski definition) is 3. The molecule has 1 amide bonds. The fourth-order valence-electron chi connectivity index (χ4n) is 3.37. The van der Waals surface area contributed by atoms with E-state index in [1.54, 1.807) is 13.0 Å². The first-order chi connectivity index (χ1) is 15.0. The van der Waals surface area contributed by atoms with Crippen LogP contribution in [0.15, 0.2) is 70.3 Å². The summed E-state index contributed by atoms with van der Waals surface area (Å²) in [6.45, 7) is 7.34. The molecule has 1 heterocycles. The number of piperidine rings is 1. The molecule has 7 heteroatoms. The summed E-state index contributed by atoms with van der Waals surface area (Å²) in [6, 6.07) is 15.8. The Morgan fingerprint density at radius 3 is 2.55 bits per heavy atom. The molecule has 0 aromatic heterocycles. The Hall–Kier alpha value is -3.45. The average molecular weight is 419 g/mol. The van der Waals surface area contributed by atoms with E-state index in [0.29, 0.717) is 28.9 Å². The number of nitrogens with zero attached hydrogens (tertiary/aromatic N) is 3. The summed E-state index contributed by atoms with van der Waals surface area (Å²) in [7, 11) is 2.12. The van der Waals surface area contributed by atoms with Crippen LogP contribution in [0.5, 0.6) is 0 Å². The molecule has 7 nitrogen and oxygen atoms in total. The Labute approximate surface area is 183 Å². The summed E-state index contributed by atoms with van der Waals surface area (Å²) in [5, 5.41) is 6.18. The van der Waals surface area contributed by atoms with E-state index in [1.807, 2.05) is 42.5 Å². The van der Waals surface area contributed by atoms with Crippen molar-refractivity contribution in [3.05, 3.63) is 60.3 Å². The van der Waals surface area contributed by atoms with Crippen molar-refractivity contribution in [2.45, 2.75) is 25.8 Å². The molecule has 1 aliphatic heterocycles. The summed E-state index contributed by atoms with van der Waals surface area (Å²) in [6.07, 6.45) is 3.54. The molecule has 2 aromatic rings. The third-order valence-corrected chi connectivity index (χ3v) is 5.35. The van der Waals surface area contributed by atoms with Crippen LogP contribution in [0.3, 0.4) is 0 Å². The van der Waals surface area contributed by atoms with Gasteiger partial charge in [0.2, 0.25) is 5.96 Å². The van der Waals surface area contributed by atoms with Crippen LogP contribution in [0.1, 0.15) is 19.8 Å². The normalized spacial score (nSPS) is 16.1. The second kappa shape index (κ2) is 10.5. The highest BCUT2D eigenvalue weighted by molar-refractivity contribution is 6.05. The summed E-state index contributed by atoms with van der Waals surface area (Å²) >= 11 is 0. The minimum absolute atomic E-state index is 0.275. The van der Waals surface area contributed by atoms with Gasteiger partial charge in [-0.1, -0.05) is 36.4 Å². The molecule has 0 unspecified atom stereocenters. The number of nitrogen functional groups attached to an aromatic ring is 1. The quantitative estimate of drug-likeness (QED) is 0.300. The van der Waals surface area contributed by atoms with Crippen molar-refractivity contribution >= 4 is 30.0 Å². The van der Waals surface area contributed by atoms with Gasteiger partial charge in [-0.2, -0.15) is 0 Å². The van der Waals surface area contributed by atoms with Crippen molar-refractivity contribution < 1.29 is 4.79 Å². The topological polar surface area (TPSA) is 95.1 Å². The van der Waals surface area contributed by atoms with Crippen LogP contribution in [-0.4, -0.2) is 49.7 Å². The van der Waals surface area contributed by atoms with Crippen LogP contribution in [-0.2, 0) is 4.79 Å². The monoisotopic (exact) mass is 418 g/mol. The molecule has 0 aliphatic carbocycles. The first kappa shape index (κ1) is 22.2. The smallest absolute Gasteiger partial charge is 0.252 e. The van der Waals surface area contributed by atoms with Gasteiger partial charge in [-0.05, 0) is 69.9 Å². The van der Waals surface area contributed by atoms with E-state index in [-0.39, 0.29) is 5.91 Å². The van der Waals surface area contributed by atoms with Crippen LogP contribution >= 0.6 is 0 Å². The molecule has 0 radical (unpaired) electrons. The molecule has 2 aromatic carbocycles. The molecular weight excluding hydrogens is 388 g/mol. The third-order valence-electron chi connectivity index (χ3n) is 5.35. The number of rotatable bonds is 5. The van der Waals surface area contributed by atoms with Crippen molar-refractivity contribution in [1.82, 2.24) is 10.2 Å². The van der Waals surface area contributed by atoms with Gasteiger partial charge >= 0.3 is 0 Å². The zero-order valence-electron chi connectivity index (χ0n) is 18.1. The highest BCUT2D eigenvalue weighted by Crippen LogP contribution is 2.27. The van der Waals surface area contributed by atoms with Crippen LogP contribution in [0.25, 0.3) is 11.1 Å². The highest BCUT2D eigenvalue weighted by atomic mass is 16.1. The van der Waals surface area contributed by atoms with Crippen LogP contribution in [0.2, 0.25) is 0 Å². The van der Waals surface area contributed by atoms with Crippen LogP contribution in [0, 0.1) is 0 Å². The van der Waals surface area contributed by atoms with Crippen molar-refractivity contribution in [3.8, 4) is 11.1 Å². The lowest BCUT2D eigenvalue weighted by Crippen LogP contribution is -2.42. The number of carbonyl (C=O) groups is 1.